The van der Waals surface area contributed by atoms with Crippen molar-refractivity contribution in [1.82, 2.24) is 9.80 Å². The van der Waals surface area contributed by atoms with Crippen LogP contribution in [0.3, 0.4) is 0 Å². The van der Waals surface area contributed by atoms with Gasteiger partial charge < -0.3 is 19.6 Å². The number of amides is 1. The zero-order valence-corrected chi connectivity index (χ0v) is 23.1. The standard InChI is InChI=1S/C27H36ClN3O5S/c1-18-14-31(19(2)17-32)27(33)13-21-12-23(29-37(34,35)24-9-6-22(28)7-10-24)8-11-25(21)36-26(18)16-30(3)15-20-4-5-20/h6-12,18-20,26,29,32H,4-5,13-17H2,1-3H3/t18-,19-,26-/m0/s1. The van der Waals surface area contributed by atoms with Crippen molar-refractivity contribution in [3.8, 4) is 5.75 Å². The summed E-state index contributed by atoms with van der Waals surface area (Å²) >= 11 is 5.90. The second kappa shape index (κ2) is 11.6. The number of aliphatic hydroxyl groups is 1. The first-order chi connectivity index (χ1) is 17.6. The molecule has 2 N–H and O–H groups in total. The molecule has 3 atom stereocenters. The van der Waals surface area contributed by atoms with Crippen LogP contribution >= 0.6 is 11.6 Å². The van der Waals surface area contributed by atoms with E-state index in [-0.39, 0.29) is 41.9 Å². The highest BCUT2D eigenvalue weighted by atomic mass is 35.5. The molecule has 0 bridgehead atoms. The normalized spacial score (nSPS) is 21.5. The second-order valence-corrected chi connectivity index (χ2v) is 12.6. The summed E-state index contributed by atoms with van der Waals surface area (Å²) in [5.74, 6) is 1.20. The first-order valence-electron chi connectivity index (χ1n) is 12.7. The maximum Gasteiger partial charge on any atom is 0.261 e. The van der Waals surface area contributed by atoms with Gasteiger partial charge in [0, 0.05) is 41.8 Å². The number of hydrogen-bond acceptors (Lipinski definition) is 6. The van der Waals surface area contributed by atoms with E-state index >= 15 is 0 Å². The molecule has 1 amide bonds. The number of nitrogens with one attached hydrogen (secondary N) is 1. The van der Waals surface area contributed by atoms with Gasteiger partial charge in [0.2, 0.25) is 5.91 Å². The summed E-state index contributed by atoms with van der Waals surface area (Å²) in [6.45, 7) is 5.94. The summed E-state index contributed by atoms with van der Waals surface area (Å²) in [5, 5.41) is 10.3. The maximum absolute atomic E-state index is 13.4. The van der Waals surface area contributed by atoms with Gasteiger partial charge in [0.15, 0.2) is 0 Å². The Balaban J connectivity index is 1.63. The molecule has 4 rings (SSSR count). The molecular formula is C27H36ClN3O5S. The molecule has 0 spiro atoms. The zero-order chi connectivity index (χ0) is 26.7. The number of benzene rings is 2. The Morgan fingerprint density at radius 1 is 1.19 bits per heavy atom. The third kappa shape index (κ3) is 7.16. The quantitative estimate of drug-likeness (QED) is 0.495. The summed E-state index contributed by atoms with van der Waals surface area (Å²) in [7, 11) is -1.75. The molecule has 2 aliphatic rings. The van der Waals surface area contributed by atoms with Crippen molar-refractivity contribution in [2.45, 2.75) is 50.2 Å². The number of ether oxygens (including phenoxy) is 1. The molecule has 0 saturated heterocycles. The highest BCUT2D eigenvalue weighted by Crippen LogP contribution is 2.32. The average molecular weight is 550 g/mol. The van der Waals surface area contributed by atoms with Crippen LogP contribution in [0.2, 0.25) is 5.02 Å². The van der Waals surface area contributed by atoms with Gasteiger partial charge in [-0.2, -0.15) is 0 Å². The van der Waals surface area contributed by atoms with Crippen LogP contribution in [-0.4, -0.2) is 74.7 Å². The van der Waals surface area contributed by atoms with Crippen molar-refractivity contribution in [3.63, 3.8) is 0 Å². The van der Waals surface area contributed by atoms with Gasteiger partial charge in [-0.05, 0) is 75.2 Å². The number of hydrogen-bond donors (Lipinski definition) is 2. The van der Waals surface area contributed by atoms with Crippen LogP contribution in [0.5, 0.6) is 5.75 Å². The van der Waals surface area contributed by atoms with Crippen molar-refractivity contribution in [2.75, 3.05) is 38.0 Å². The summed E-state index contributed by atoms with van der Waals surface area (Å²) < 4.78 is 35.0. The van der Waals surface area contributed by atoms with E-state index in [0.29, 0.717) is 35.1 Å². The fourth-order valence-corrected chi connectivity index (χ4v) is 5.84. The average Bonchev–Trinajstić information content (AvgIpc) is 3.65. The van der Waals surface area contributed by atoms with E-state index in [2.05, 4.69) is 23.6 Å². The smallest absolute Gasteiger partial charge is 0.261 e. The number of nitrogens with zero attached hydrogens (tertiary/aromatic N) is 2. The lowest BCUT2D eigenvalue weighted by Gasteiger charge is -2.34. The van der Waals surface area contributed by atoms with Gasteiger partial charge in [-0.25, -0.2) is 8.42 Å². The summed E-state index contributed by atoms with van der Waals surface area (Å²) in [6.07, 6.45) is 2.38. The van der Waals surface area contributed by atoms with Crippen LogP contribution in [-0.2, 0) is 21.2 Å². The summed E-state index contributed by atoms with van der Waals surface area (Å²) in [6, 6.07) is 10.6. The number of rotatable bonds is 9. The Kier molecular flexibility index (Phi) is 8.68. The van der Waals surface area contributed by atoms with Crippen LogP contribution in [0.4, 0.5) is 5.69 Å². The molecule has 1 heterocycles. The van der Waals surface area contributed by atoms with Gasteiger partial charge in [-0.15, -0.1) is 0 Å². The summed E-state index contributed by atoms with van der Waals surface area (Å²) in [4.78, 5) is 17.4. The molecule has 1 fully saturated rings. The van der Waals surface area contributed by atoms with Crippen LogP contribution in [0, 0.1) is 11.8 Å². The van der Waals surface area contributed by atoms with Gasteiger partial charge in [0.05, 0.1) is 24.0 Å². The lowest BCUT2D eigenvalue weighted by atomic mass is 10.0. The van der Waals surface area contributed by atoms with E-state index in [9.17, 15) is 18.3 Å². The topological polar surface area (TPSA) is 99.2 Å². The molecule has 0 unspecified atom stereocenters. The van der Waals surface area contributed by atoms with Gasteiger partial charge in [-0.3, -0.25) is 9.52 Å². The van der Waals surface area contributed by atoms with Gasteiger partial charge >= 0.3 is 0 Å². The molecule has 37 heavy (non-hydrogen) atoms. The Morgan fingerprint density at radius 2 is 1.89 bits per heavy atom. The second-order valence-electron chi connectivity index (χ2n) is 10.4. The van der Waals surface area contributed by atoms with Gasteiger partial charge in [-0.1, -0.05) is 18.5 Å². The molecule has 2 aromatic rings. The number of anilines is 1. The lowest BCUT2D eigenvalue weighted by Crippen LogP contribution is -2.47. The Hall–Kier alpha value is -2.33. The number of sulfonamides is 1. The van der Waals surface area contributed by atoms with Crippen molar-refractivity contribution >= 4 is 33.2 Å². The first-order valence-corrected chi connectivity index (χ1v) is 14.6. The molecule has 0 radical (unpaired) electrons. The van der Waals surface area contributed by atoms with Crippen LogP contribution in [0.25, 0.3) is 0 Å². The molecule has 8 nitrogen and oxygen atoms in total. The third-order valence-electron chi connectivity index (χ3n) is 7.05. The van der Waals surface area contributed by atoms with Crippen molar-refractivity contribution in [2.24, 2.45) is 11.8 Å². The Morgan fingerprint density at radius 3 is 2.54 bits per heavy atom. The number of halogens is 1. The molecule has 202 valence electrons. The minimum atomic E-state index is -3.85. The van der Waals surface area contributed by atoms with E-state index in [1.54, 1.807) is 23.1 Å². The first kappa shape index (κ1) is 27.7. The molecule has 1 saturated carbocycles. The van der Waals surface area contributed by atoms with Crippen molar-refractivity contribution < 1.29 is 23.1 Å². The molecular weight excluding hydrogens is 514 g/mol. The molecule has 1 aliphatic carbocycles. The van der Waals surface area contributed by atoms with Crippen molar-refractivity contribution in [3.05, 3.63) is 53.1 Å². The van der Waals surface area contributed by atoms with Gasteiger partial charge in [0.25, 0.3) is 10.0 Å². The van der Waals surface area contributed by atoms with E-state index in [1.165, 1.54) is 37.1 Å². The van der Waals surface area contributed by atoms with E-state index in [4.69, 9.17) is 16.3 Å². The van der Waals surface area contributed by atoms with Crippen LogP contribution in [0.1, 0.15) is 32.3 Å². The van der Waals surface area contributed by atoms with E-state index in [0.717, 1.165) is 12.5 Å². The molecule has 1 aliphatic heterocycles. The monoisotopic (exact) mass is 549 g/mol. The minimum Gasteiger partial charge on any atom is -0.488 e. The molecule has 2 aromatic carbocycles. The number of aliphatic hydroxyl groups excluding tert-OH is 1. The van der Waals surface area contributed by atoms with Crippen LogP contribution in [0.15, 0.2) is 47.4 Å². The minimum absolute atomic E-state index is 0.0219. The number of likely N-dealkylation sites (N-methyl/N-ethyl adjacent to an activating group) is 1. The Labute approximate surface area is 224 Å². The number of carbonyl (C=O) groups is 1. The number of carbonyl (C=O) groups excluding carboxylic acids is 1. The third-order valence-corrected chi connectivity index (χ3v) is 8.70. The SMILES string of the molecule is C[C@H]1CN([C@@H](C)CO)C(=O)Cc2cc(NS(=O)(=O)c3ccc(Cl)cc3)ccc2O[C@H]1CN(C)CC1CC1. The lowest BCUT2D eigenvalue weighted by molar-refractivity contribution is -0.134. The van der Waals surface area contributed by atoms with Gasteiger partial charge in [0.1, 0.15) is 11.9 Å². The fourth-order valence-electron chi connectivity index (χ4n) is 4.66. The number of fused-ring (bicyclic) bond motifs is 1. The summed E-state index contributed by atoms with van der Waals surface area (Å²) in [5.41, 5.74) is 0.932. The highest BCUT2D eigenvalue weighted by molar-refractivity contribution is 7.92. The predicted octanol–water partition coefficient (Wildman–Crippen LogP) is 3.63. The maximum atomic E-state index is 13.4. The molecule has 0 aromatic heterocycles. The molecule has 10 heteroatoms. The Bertz CT molecular complexity index is 1200. The zero-order valence-electron chi connectivity index (χ0n) is 21.6. The van der Waals surface area contributed by atoms with Crippen molar-refractivity contribution in [1.29, 1.82) is 0 Å². The fraction of sp³-hybridized carbons (Fsp3) is 0.519. The van der Waals surface area contributed by atoms with E-state index < -0.39 is 10.0 Å². The predicted molar refractivity (Wildman–Crippen MR) is 144 cm³/mol. The largest absolute Gasteiger partial charge is 0.488 e. The van der Waals surface area contributed by atoms with Crippen LogP contribution < -0.4 is 9.46 Å². The highest BCUT2D eigenvalue weighted by Gasteiger charge is 2.32. The van der Waals surface area contributed by atoms with E-state index in [1.807, 2.05) is 6.92 Å².